The van der Waals surface area contributed by atoms with Gasteiger partial charge in [0.2, 0.25) is 0 Å². The van der Waals surface area contributed by atoms with Gasteiger partial charge in [-0.3, -0.25) is 0 Å². The van der Waals surface area contributed by atoms with Crippen LogP contribution < -0.4 is 10.6 Å². The summed E-state index contributed by atoms with van der Waals surface area (Å²) < 4.78 is 0. The highest BCUT2D eigenvalue weighted by atomic mass is 15.1. The average molecular weight is 142 g/mol. The molecule has 0 atom stereocenters. The predicted octanol–water partition coefficient (Wildman–Crippen LogP) is 0.659. The van der Waals surface area contributed by atoms with E-state index in [1.807, 2.05) is 0 Å². The second kappa shape index (κ2) is 4.69. The van der Waals surface area contributed by atoms with Crippen LogP contribution in [0.2, 0.25) is 0 Å². The fraction of sp³-hybridized carbons (Fsp3) is 1.00. The van der Waals surface area contributed by atoms with Gasteiger partial charge in [0.05, 0.1) is 0 Å². The van der Waals surface area contributed by atoms with Crippen molar-refractivity contribution in [3.63, 3.8) is 0 Å². The minimum absolute atomic E-state index is 0.844. The molecule has 0 aromatic carbocycles. The number of hydrogen-bond donors (Lipinski definition) is 1. The van der Waals surface area contributed by atoms with Crippen LogP contribution >= 0.6 is 0 Å². The maximum absolute atomic E-state index is 5.42. The highest BCUT2D eigenvalue weighted by Gasteiger charge is 2.16. The van der Waals surface area contributed by atoms with Crippen molar-refractivity contribution in [2.75, 3.05) is 26.2 Å². The lowest BCUT2D eigenvalue weighted by atomic mass is 10.1. The molecule has 2 N–H and O–H groups in total. The van der Waals surface area contributed by atoms with E-state index in [0.717, 1.165) is 6.54 Å². The van der Waals surface area contributed by atoms with Crippen LogP contribution in [0.4, 0.5) is 0 Å². The molecule has 1 saturated heterocycles. The Labute approximate surface area is 63.4 Å². The van der Waals surface area contributed by atoms with E-state index in [-0.39, 0.29) is 0 Å². The van der Waals surface area contributed by atoms with Crippen LogP contribution in [0.3, 0.4) is 0 Å². The van der Waals surface area contributed by atoms with E-state index >= 15 is 0 Å². The molecule has 59 valence electrons. The third-order valence-electron chi connectivity index (χ3n) is 2.13. The van der Waals surface area contributed by atoms with Crippen molar-refractivity contribution in [2.45, 2.75) is 25.7 Å². The van der Waals surface area contributed by atoms with Crippen molar-refractivity contribution in [3.05, 3.63) is 0 Å². The minimum atomic E-state index is 0.844. The molecule has 0 spiro atoms. The molecule has 1 heterocycles. The van der Waals surface area contributed by atoms with Gasteiger partial charge in [0.15, 0.2) is 0 Å². The minimum Gasteiger partial charge on any atom is -0.330 e. The van der Waals surface area contributed by atoms with Crippen LogP contribution in [0.1, 0.15) is 25.7 Å². The van der Waals surface area contributed by atoms with E-state index in [1.54, 1.807) is 0 Å². The molecule has 1 rings (SSSR count). The zero-order valence-electron chi connectivity index (χ0n) is 6.68. The van der Waals surface area contributed by atoms with Gasteiger partial charge in [-0.25, -0.2) is 0 Å². The van der Waals surface area contributed by atoms with Gasteiger partial charge < -0.3 is 5.73 Å². The Hall–Kier alpha value is -0.0800. The lowest BCUT2D eigenvalue weighted by Crippen LogP contribution is -2.37. The fourth-order valence-corrected chi connectivity index (χ4v) is 1.50. The van der Waals surface area contributed by atoms with Gasteiger partial charge in [-0.2, -0.15) is 4.90 Å². The number of nitrogens with two attached hydrogens (primary N) is 1. The standard InChI is InChI=1S/C8H18N2/c9-5-4-8-10-6-2-1-3-7-10/h1-9H2/q+1. The summed E-state index contributed by atoms with van der Waals surface area (Å²) in [5, 5.41) is 0. The molecule has 1 aliphatic heterocycles. The van der Waals surface area contributed by atoms with Gasteiger partial charge in [-0.15, -0.1) is 0 Å². The van der Waals surface area contributed by atoms with Crippen molar-refractivity contribution < 1.29 is 0 Å². The topological polar surface area (TPSA) is 31.9 Å². The molecule has 0 bridgehead atoms. The SMILES string of the molecule is NCCC[N+]1CCCCC1. The Morgan fingerprint density at radius 2 is 1.80 bits per heavy atom. The third kappa shape index (κ3) is 2.67. The summed E-state index contributed by atoms with van der Waals surface area (Å²) in [4.78, 5) is 2.52. The molecule has 0 aliphatic carbocycles. The van der Waals surface area contributed by atoms with E-state index in [9.17, 15) is 0 Å². The Balaban J connectivity index is 2.02. The molecule has 1 aliphatic rings. The Morgan fingerprint density at radius 3 is 2.40 bits per heavy atom. The first-order valence-electron chi connectivity index (χ1n) is 4.36. The number of likely N-dealkylation sites (tertiary alicyclic amines) is 1. The molecule has 10 heavy (non-hydrogen) atoms. The van der Waals surface area contributed by atoms with E-state index in [2.05, 4.69) is 4.90 Å². The Kier molecular flexibility index (Phi) is 3.76. The van der Waals surface area contributed by atoms with Crippen molar-refractivity contribution in [2.24, 2.45) is 5.73 Å². The lowest BCUT2D eigenvalue weighted by molar-refractivity contribution is 0.339. The highest BCUT2D eigenvalue weighted by molar-refractivity contribution is 4.69. The molecule has 1 fully saturated rings. The van der Waals surface area contributed by atoms with Crippen LogP contribution in [0.5, 0.6) is 0 Å². The molecular weight excluding hydrogens is 124 g/mol. The lowest BCUT2D eigenvalue weighted by Gasteiger charge is -2.16. The second-order valence-electron chi connectivity index (χ2n) is 3.04. The van der Waals surface area contributed by atoms with Crippen molar-refractivity contribution in [1.82, 2.24) is 4.90 Å². The van der Waals surface area contributed by atoms with Crippen LogP contribution in [-0.2, 0) is 0 Å². The summed E-state index contributed by atoms with van der Waals surface area (Å²) in [6.45, 7) is 4.67. The zero-order chi connectivity index (χ0) is 7.23. The van der Waals surface area contributed by atoms with Crippen molar-refractivity contribution >= 4 is 0 Å². The van der Waals surface area contributed by atoms with Gasteiger partial charge in [0.25, 0.3) is 0 Å². The van der Waals surface area contributed by atoms with E-state index in [0.29, 0.717) is 0 Å². The molecule has 0 saturated carbocycles. The van der Waals surface area contributed by atoms with Crippen LogP contribution in [-0.4, -0.2) is 26.2 Å². The van der Waals surface area contributed by atoms with Crippen molar-refractivity contribution in [1.29, 1.82) is 0 Å². The molecule has 1 radical (unpaired) electrons. The summed E-state index contributed by atoms with van der Waals surface area (Å²) in [7, 11) is 0. The van der Waals surface area contributed by atoms with Crippen LogP contribution in [0.25, 0.3) is 0 Å². The molecule has 2 heteroatoms. The summed E-state index contributed by atoms with van der Waals surface area (Å²) >= 11 is 0. The first-order valence-corrected chi connectivity index (χ1v) is 4.36. The maximum atomic E-state index is 5.42. The van der Waals surface area contributed by atoms with E-state index in [1.165, 1.54) is 45.3 Å². The predicted molar refractivity (Wildman–Crippen MR) is 44.3 cm³/mol. The first kappa shape index (κ1) is 8.02. The van der Waals surface area contributed by atoms with Gasteiger partial charge in [0.1, 0.15) is 19.6 Å². The first-order chi connectivity index (χ1) is 4.93. The summed E-state index contributed by atoms with van der Waals surface area (Å²) in [5.41, 5.74) is 5.42. The molecule has 2 nitrogen and oxygen atoms in total. The van der Waals surface area contributed by atoms with Crippen molar-refractivity contribution in [3.8, 4) is 0 Å². The molecule has 0 unspecified atom stereocenters. The van der Waals surface area contributed by atoms with Gasteiger partial charge in [-0.1, -0.05) is 0 Å². The molecule has 0 amide bonds. The third-order valence-corrected chi connectivity index (χ3v) is 2.13. The molecule has 0 aromatic rings. The van der Waals surface area contributed by atoms with Crippen LogP contribution in [0.15, 0.2) is 0 Å². The summed E-state index contributed by atoms with van der Waals surface area (Å²) in [6.07, 6.45) is 5.38. The number of rotatable bonds is 3. The number of nitrogens with zero attached hydrogens (tertiary/aromatic N) is 1. The van der Waals surface area contributed by atoms with E-state index in [4.69, 9.17) is 5.73 Å². The number of hydrogen-bond acceptors (Lipinski definition) is 2. The molecular formula is C8H18N2+. The molecule has 0 aromatic heterocycles. The Bertz CT molecular complexity index is 77.3. The summed E-state index contributed by atoms with van der Waals surface area (Å²) in [5.74, 6) is 0. The van der Waals surface area contributed by atoms with Gasteiger partial charge in [0, 0.05) is 19.3 Å². The Morgan fingerprint density at radius 1 is 1.10 bits per heavy atom. The smallest absolute Gasteiger partial charge is 0.124 e. The number of piperidine rings is 1. The largest absolute Gasteiger partial charge is 0.330 e. The summed E-state index contributed by atoms with van der Waals surface area (Å²) in [6, 6.07) is 0. The normalized spacial score (nSPS) is 21.3. The quantitative estimate of drug-likeness (QED) is 0.577. The second-order valence-corrected chi connectivity index (χ2v) is 3.04. The van der Waals surface area contributed by atoms with Gasteiger partial charge >= 0.3 is 0 Å². The van der Waals surface area contributed by atoms with Gasteiger partial charge in [-0.05, 0) is 13.0 Å². The van der Waals surface area contributed by atoms with E-state index < -0.39 is 0 Å². The fourth-order valence-electron chi connectivity index (χ4n) is 1.50. The monoisotopic (exact) mass is 142 g/mol. The highest BCUT2D eigenvalue weighted by Crippen LogP contribution is 2.05. The zero-order valence-corrected chi connectivity index (χ0v) is 6.68. The van der Waals surface area contributed by atoms with Crippen LogP contribution in [0, 0.1) is 0 Å². The maximum Gasteiger partial charge on any atom is 0.124 e. The average Bonchev–Trinajstić information content (AvgIpc) is 2.03.